The lowest BCUT2D eigenvalue weighted by Crippen LogP contribution is -2.53. The molecule has 1 aromatic heterocycles. The summed E-state index contributed by atoms with van der Waals surface area (Å²) in [5.41, 5.74) is -0.0788. The number of hydrogen-bond donors (Lipinski definition) is 2. The summed E-state index contributed by atoms with van der Waals surface area (Å²) in [6.45, 7) is 2.89. The first kappa shape index (κ1) is 16.3. The first-order chi connectivity index (χ1) is 12.6. The van der Waals surface area contributed by atoms with Crippen molar-refractivity contribution in [2.45, 2.75) is 50.7 Å². The van der Waals surface area contributed by atoms with Crippen molar-refractivity contribution < 1.29 is 14.3 Å². The van der Waals surface area contributed by atoms with Crippen molar-refractivity contribution in [3.8, 4) is 0 Å². The summed E-state index contributed by atoms with van der Waals surface area (Å²) in [6.07, 6.45) is 9.37. The minimum atomic E-state index is -0.289. The van der Waals surface area contributed by atoms with Gasteiger partial charge in [0, 0.05) is 12.4 Å². The number of aromatic nitrogens is 2. The Morgan fingerprint density at radius 3 is 2.58 bits per heavy atom. The summed E-state index contributed by atoms with van der Waals surface area (Å²) in [5.74, 6) is 2.16. The van der Waals surface area contributed by atoms with Crippen molar-refractivity contribution >= 4 is 11.8 Å². The van der Waals surface area contributed by atoms with Gasteiger partial charge < -0.3 is 19.9 Å². The standard InChI is InChI=1S/C19H26N4O3/c1-2-16(23-4-3-20-10-23)17(24)21-14-8-26-9-15(14)22-18(25)19-7-11-5-12(19)13(19)6-11/h3-4,10-16H,2,5-9H2,1H3,(H,21,24)(H,22,25)/t11?,12?,13?,14-,15+,16?,19?/m1/s1. The molecule has 1 aliphatic heterocycles. The molecule has 2 amide bonds. The van der Waals surface area contributed by atoms with Crippen LogP contribution >= 0.6 is 0 Å². The predicted molar refractivity (Wildman–Crippen MR) is 93.0 cm³/mol. The molecule has 0 spiro atoms. The molecule has 7 heteroatoms. The van der Waals surface area contributed by atoms with Crippen LogP contribution in [0.25, 0.3) is 0 Å². The largest absolute Gasteiger partial charge is 0.377 e. The van der Waals surface area contributed by atoms with E-state index < -0.39 is 0 Å². The van der Waals surface area contributed by atoms with Crippen LogP contribution in [0.2, 0.25) is 0 Å². The Labute approximate surface area is 152 Å². The summed E-state index contributed by atoms with van der Waals surface area (Å²) >= 11 is 0. The molecule has 2 heterocycles. The van der Waals surface area contributed by atoms with Gasteiger partial charge in [0.15, 0.2) is 0 Å². The van der Waals surface area contributed by atoms with E-state index in [-0.39, 0.29) is 35.4 Å². The van der Waals surface area contributed by atoms with E-state index in [1.165, 1.54) is 12.8 Å². The molecule has 140 valence electrons. The van der Waals surface area contributed by atoms with Gasteiger partial charge in [-0.25, -0.2) is 4.98 Å². The molecule has 6 rings (SSSR count). The first-order valence-corrected chi connectivity index (χ1v) is 9.80. The predicted octanol–water partition coefficient (Wildman–Crippen LogP) is 0.880. The lowest BCUT2D eigenvalue weighted by Gasteiger charge is -2.25. The maximum absolute atomic E-state index is 12.9. The van der Waals surface area contributed by atoms with Crippen LogP contribution < -0.4 is 10.6 Å². The van der Waals surface area contributed by atoms with Gasteiger partial charge >= 0.3 is 0 Å². The average Bonchev–Trinajstić information content (AvgIpc) is 3.31. The number of imidazole rings is 1. The fourth-order valence-corrected chi connectivity index (χ4v) is 5.95. The van der Waals surface area contributed by atoms with Gasteiger partial charge in [-0.05, 0) is 43.4 Å². The van der Waals surface area contributed by atoms with Gasteiger partial charge in [0.25, 0.3) is 0 Å². The Hall–Kier alpha value is -1.89. The highest BCUT2D eigenvalue weighted by atomic mass is 16.5. The van der Waals surface area contributed by atoms with Crippen LogP contribution in [0.15, 0.2) is 18.7 Å². The van der Waals surface area contributed by atoms with Crippen LogP contribution in [0.4, 0.5) is 0 Å². The summed E-state index contributed by atoms with van der Waals surface area (Å²) < 4.78 is 7.39. The number of ether oxygens (including phenoxy) is 1. The van der Waals surface area contributed by atoms with Crippen molar-refractivity contribution in [2.75, 3.05) is 13.2 Å². The third kappa shape index (κ3) is 2.25. The fraction of sp³-hybridized carbons (Fsp3) is 0.737. The second kappa shape index (κ2) is 5.81. The molecular weight excluding hydrogens is 332 g/mol. The molecule has 5 aliphatic rings. The van der Waals surface area contributed by atoms with E-state index in [1.807, 2.05) is 11.5 Å². The fourth-order valence-electron chi connectivity index (χ4n) is 5.95. The first-order valence-electron chi connectivity index (χ1n) is 9.80. The van der Waals surface area contributed by atoms with Gasteiger partial charge in [-0.2, -0.15) is 0 Å². The van der Waals surface area contributed by atoms with Gasteiger partial charge in [0.2, 0.25) is 11.8 Å². The van der Waals surface area contributed by atoms with Crippen LogP contribution in [0.3, 0.4) is 0 Å². The highest BCUT2D eigenvalue weighted by Gasteiger charge is 2.78. The van der Waals surface area contributed by atoms with E-state index in [0.29, 0.717) is 31.5 Å². The second-order valence-corrected chi connectivity index (χ2v) is 8.46. The van der Waals surface area contributed by atoms with Crippen LogP contribution in [0.1, 0.15) is 38.6 Å². The molecule has 4 aliphatic carbocycles. The van der Waals surface area contributed by atoms with Crippen LogP contribution in [0.5, 0.6) is 0 Å². The van der Waals surface area contributed by atoms with Gasteiger partial charge in [0.05, 0.1) is 37.0 Å². The monoisotopic (exact) mass is 358 g/mol. The number of hydrogen-bond acceptors (Lipinski definition) is 4. The number of amides is 2. The number of rotatable bonds is 6. The molecule has 0 radical (unpaired) electrons. The highest BCUT2D eigenvalue weighted by molar-refractivity contribution is 5.88. The highest BCUT2D eigenvalue weighted by Crippen LogP contribution is 2.79. The minimum absolute atomic E-state index is 0.0502. The summed E-state index contributed by atoms with van der Waals surface area (Å²) in [6, 6.07) is -0.600. The van der Waals surface area contributed by atoms with E-state index >= 15 is 0 Å². The van der Waals surface area contributed by atoms with Crippen LogP contribution in [-0.4, -0.2) is 46.7 Å². The third-order valence-corrected chi connectivity index (χ3v) is 7.22. The maximum atomic E-state index is 12.9. The summed E-state index contributed by atoms with van der Waals surface area (Å²) in [7, 11) is 0. The van der Waals surface area contributed by atoms with E-state index in [0.717, 1.165) is 12.3 Å². The van der Waals surface area contributed by atoms with Crippen molar-refractivity contribution in [1.29, 1.82) is 0 Å². The average molecular weight is 358 g/mol. The quantitative estimate of drug-likeness (QED) is 0.791. The molecule has 26 heavy (non-hydrogen) atoms. The van der Waals surface area contributed by atoms with Crippen LogP contribution in [0, 0.1) is 23.2 Å². The molecule has 0 aromatic carbocycles. The van der Waals surface area contributed by atoms with Crippen molar-refractivity contribution in [3.63, 3.8) is 0 Å². The molecular formula is C19H26N4O3. The van der Waals surface area contributed by atoms with E-state index in [9.17, 15) is 9.59 Å². The SMILES string of the molecule is CCC(C(=O)N[C@@H]1COC[C@@H]1NC(=O)C12CC3CC1C2C3)n1ccnc1. The number of nitrogens with zero attached hydrogens (tertiary/aromatic N) is 2. The Morgan fingerprint density at radius 2 is 2.00 bits per heavy atom. The third-order valence-electron chi connectivity index (χ3n) is 7.22. The Kier molecular flexibility index (Phi) is 3.64. The topological polar surface area (TPSA) is 85.3 Å². The molecule has 1 aromatic rings. The lowest BCUT2D eigenvalue weighted by molar-refractivity contribution is -0.129. The minimum Gasteiger partial charge on any atom is -0.377 e. The Morgan fingerprint density at radius 1 is 1.27 bits per heavy atom. The maximum Gasteiger partial charge on any atom is 0.243 e. The second-order valence-electron chi connectivity index (χ2n) is 8.46. The zero-order valence-electron chi connectivity index (χ0n) is 15.1. The Bertz CT molecular complexity index is 706. The molecule has 3 unspecified atom stereocenters. The van der Waals surface area contributed by atoms with Gasteiger partial charge in [0.1, 0.15) is 6.04 Å². The number of carbonyl (C=O) groups is 2. The molecule has 5 fully saturated rings. The molecule has 1 saturated heterocycles. The summed E-state index contributed by atoms with van der Waals surface area (Å²) in [4.78, 5) is 29.7. The van der Waals surface area contributed by atoms with Gasteiger partial charge in [-0.3, -0.25) is 9.59 Å². The molecule has 7 nitrogen and oxygen atoms in total. The van der Waals surface area contributed by atoms with Crippen molar-refractivity contribution in [3.05, 3.63) is 18.7 Å². The van der Waals surface area contributed by atoms with E-state index in [1.54, 1.807) is 18.7 Å². The van der Waals surface area contributed by atoms with E-state index in [4.69, 9.17) is 4.74 Å². The van der Waals surface area contributed by atoms with Crippen molar-refractivity contribution in [1.82, 2.24) is 20.2 Å². The zero-order valence-corrected chi connectivity index (χ0v) is 15.1. The Balaban J connectivity index is 1.22. The molecule has 2 N–H and O–H groups in total. The molecule has 4 saturated carbocycles. The van der Waals surface area contributed by atoms with Crippen molar-refractivity contribution in [2.24, 2.45) is 23.2 Å². The number of carbonyl (C=O) groups excluding carboxylic acids is 2. The van der Waals surface area contributed by atoms with Gasteiger partial charge in [-0.15, -0.1) is 0 Å². The smallest absolute Gasteiger partial charge is 0.243 e. The zero-order chi connectivity index (χ0) is 17.9. The molecule has 4 bridgehead atoms. The van der Waals surface area contributed by atoms with Crippen LogP contribution in [-0.2, 0) is 14.3 Å². The normalized spacial score (nSPS) is 40.4. The van der Waals surface area contributed by atoms with E-state index in [2.05, 4.69) is 15.6 Å². The van der Waals surface area contributed by atoms with Gasteiger partial charge in [-0.1, -0.05) is 6.92 Å². The lowest BCUT2D eigenvalue weighted by atomic mass is 10.0. The molecule has 5 atom stereocenters. The summed E-state index contributed by atoms with van der Waals surface area (Å²) in [5, 5.41) is 6.29. The number of nitrogens with one attached hydrogen (secondary N) is 2.